The third kappa shape index (κ3) is 4.54. The summed E-state index contributed by atoms with van der Waals surface area (Å²) in [6, 6.07) is 10.9. The second-order valence-corrected chi connectivity index (χ2v) is 6.28. The van der Waals surface area contributed by atoms with Crippen molar-refractivity contribution in [2.75, 3.05) is 6.54 Å². The first-order valence-corrected chi connectivity index (χ1v) is 8.48. The van der Waals surface area contributed by atoms with Crippen LogP contribution in [0.25, 0.3) is 10.8 Å². The molecule has 1 amide bonds. The summed E-state index contributed by atoms with van der Waals surface area (Å²) < 4.78 is 10.4. The third-order valence-corrected chi connectivity index (χ3v) is 4.20. The molecule has 0 aliphatic rings. The number of hydrogen-bond donors (Lipinski definition) is 1. The van der Waals surface area contributed by atoms with Crippen LogP contribution in [0.2, 0.25) is 0 Å². The van der Waals surface area contributed by atoms with E-state index in [0.29, 0.717) is 17.1 Å². The number of aromatic nitrogens is 1. The van der Waals surface area contributed by atoms with Gasteiger partial charge >= 0.3 is 5.97 Å². The molecule has 0 spiro atoms. The number of oxazole rings is 1. The van der Waals surface area contributed by atoms with Crippen molar-refractivity contribution < 1.29 is 18.7 Å². The van der Waals surface area contributed by atoms with Crippen molar-refractivity contribution in [2.24, 2.45) is 0 Å². The number of carbonyl (C=O) groups is 2. The highest BCUT2D eigenvalue weighted by molar-refractivity contribution is 7.13. The average molecular weight is 356 g/mol. The molecule has 0 saturated carbocycles. The summed E-state index contributed by atoms with van der Waals surface area (Å²) in [4.78, 5) is 28.9. The zero-order valence-electron chi connectivity index (χ0n) is 13.5. The highest BCUT2D eigenvalue weighted by Gasteiger charge is 2.11. The van der Waals surface area contributed by atoms with E-state index in [9.17, 15) is 9.59 Å². The minimum Gasteiger partial charge on any atom is -0.458 e. The van der Waals surface area contributed by atoms with Crippen LogP contribution in [0.4, 0.5) is 0 Å². The fraction of sp³-hybridized carbons (Fsp3) is 0.167. The number of ether oxygens (including phenoxy) is 1. The molecular formula is C18H16N2O4S. The molecular weight excluding hydrogens is 340 g/mol. The largest absolute Gasteiger partial charge is 0.458 e. The van der Waals surface area contributed by atoms with Crippen molar-refractivity contribution in [3.63, 3.8) is 0 Å². The number of nitrogens with zero attached hydrogens (tertiary/aromatic N) is 1. The summed E-state index contributed by atoms with van der Waals surface area (Å²) in [5, 5.41) is 4.46. The molecule has 0 aliphatic heterocycles. The van der Waals surface area contributed by atoms with Crippen molar-refractivity contribution in [3.05, 3.63) is 64.9 Å². The van der Waals surface area contributed by atoms with Crippen LogP contribution in [0.15, 0.2) is 52.5 Å². The van der Waals surface area contributed by atoms with Crippen LogP contribution in [-0.2, 0) is 16.1 Å². The van der Waals surface area contributed by atoms with E-state index < -0.39 is 5.97 Å². The van der Waals surface area contributed by atoms with Crippen LogP contribution in [0.3, 0.4) is 0 Å². The normalized spacial score (nSPS) is 10.4. The lowest BCUT2D eigenvalue weighted by Gasteiger charge is -2.06. The molecule has 1 aromatic carbocycles. The molecule has 25 heavy (non-hydrogen) atoms. The lowest BCUT2D eigenvalue weighted by molar-refractivity contribution is -0.143. The monoisotopic (exact) mass is 356 g/mol. The molecule has 7 heteroatoms. The zero-order chi connectivity index (χ0) is 17.6. The van der Waals surface area contributed by atoms with Gasteiger partial charge in [-0.3, -0.25) is 9.59 Å². The Morgan fingerprint density at radius 2 is 2.16 bits per heavy atom. The number of amides is 1. The van der Waals surface area contributed by atoms with Crippen LogP contribution < -0.4 is 5.32 Å². The number of rotatable bonds is 6. The summed E-state index contributed by atoms with van der Waals surface area (Å²) in [7, 11) is 0. The summed E-state index contributed by atoms with van der Waals surface area (Å²) >= 11 is 1.51. The van der Waals surface area contributed by atoms with Gasteiger partial charge < -0.3 is 14.5 Å². The van der Waals surface area contributed by atoms with Crippen LogP contribution in [0.5, 0.6) is 0 Å². The van der Waals surface area contributed by atoms with E-state index in [2.05, 4.69) is 10.3 Å². The summed E-state index contributed by atoms with van der Waals surface area (Å²) in [5.74, 6) is -0.363. The van der Waals surface area contributed by atoms with Gasteiger partial charge in [0.1, 0.15) is 25.1 Å². The quantitative estimate of drug-likeness (QED) is 0.686. The van der Waals surface area contributed by atoms with Gasteiger partial charge in [-0.15, -0.1) is 11.3 Å². The Kier molecular flexibility index (Phi) is 5.25. The third-order valence-electron chi connectivity index (χ3n) is 3.34. The number of benzene rings is 1. The number of nitrogens with one attached hydrogen (secondary N) is 1. The van der Waals surface area contributed by atoms with E-state index in [4.69, 9.17) is 9.15 Å². The van der Waals surface area contributed by atoms with Crippen LogP contribution in [0, 0.1) is 6.92 Å². The van der Waals surface area contributed by atoms with E-state index in [1.807, 2.05) is 30.5 Å². The highest BCUT2D eigenvalue weighted by Crippen LogP contribution is 2.23. The molecule has 3 rings (SSSR count). The molecule has 2 aromatic heterocycles. The van der Waals surface area contributed by atoms with Gasteiger partial charge in [0, 0.05) is 5.56 Å². The van der Waals surface area contributed by atoms with E-state index in [1.54, 1.807) is 18.2 Å². The van der Waals surface area contributed by atoms with E-state index in [-0.39, 0.29) is 19.1 Å². The molecule has 0 unspecified atom stereocenters. The summed E-state index contributed by atoms with van der Waals surface area (Å²) in [6.45, 7) is 1.68. The summed E-state index contributed by atoms with van der Waals surface area (Å²) in [6.07, 6.45) is 1.45. The lowest BCUT2D eigenvalue weighted by Crippen LogP contribution is -2.30. The first-order valence-electron chi connectivity index (χ1n) is 7.60. The van der Waals surface area contributed by atoms with Gasteiger partial charge in [-0.1, -0.05) is 23.8 Å². The fourth-order valence-electron chi connectivity index (χ4n) is 2.13. The second-order valence-electron chi connectivity index (χ2n) is 5.33. The number of carbonyl (C=O) groups excluding carboxylic acids is 2. The van der Waals surface area contributed by atoms with Crippen LogP contribution >= 0.6 is 11.3 Å². The van der Waals surface area contributed by atoms with Gasteiger partial charge in [-0.25, -0.2) is 4.98 Å². The molecule has 6 nitrogen and oxygen atoms in total. The minimum absolute atomic E-state index is 0.00593. The predicted octanol–water partition coefficient (Wildman–Crippen LogP) is 3.18. The Labute approximate surface area is 148 Å². The Balaban J connectivity index is 1.46. The molecule has 3 aromatic rings. The number of aryl methyl sites for hydroxylation is 1. The van der Waals surface area contributed by atoms with Gasteiger partial charge in [-0.2, -0.15) is 0 Å². The van der Waals surface area contributed by atoms with E-state index in [0.717, 1.165) is 10.4 Å². The summed E-state index contributed by atoms with van der Waals surface area (Å²) in [5.41, 5.74) is 1.99. The zero-order valence-corrected chi connectivity index (χ0v) is 14.3. The van der Waals surface area contributed by atoms with E-state index >= 15 is 0 Å². The molecule has 2 heterocycles. The molecule has 0 saturated heterocycles. The Bertz CT molecular complexity index is 871. The van der Waals surface area contributed by atoms with Gasteiger partial charge in [0.05, 0.1) is 4.88 Å². The number of thiophene rings is 1. The van der Waals surface area contributed by atoms with Crippen molar-refractivity contribution in [1.29, 1.82) is 0 Å². The SMILES string of the molecule is Cc1cccc(C(=O)NCC(=O)OCc2coc(-c3cccs3)n2)c1. The maximum absolute atomic E-state index is 12.0. The lowest BCUT2D eigenvalue weighted by atomic mass is 10.1. The first-order chi connectivity index (χ1) is 12.1. The molecule has 1 N–H and O–H groups in total. The molecule has 0 aliphatic carbocycles. The molecule has 0 atom stereocenters. The van der Waals surface area contributed by atoms with Crippen molar-refractivity contribution in [3.8, 4) is 10.8 Å². The topological polar surface area (TPSA) is 81.4 Å². The average Bonchev–Trinajstić information content (AvgIpc) is 3.29. The van der Waals surface area contributed by atoms with Crippen LogP contribution in [0.1, 0.15) is 21.6 Å². The Morgan fingerprint density at radius 3 is 2.92 bits per heavy atom. The van der Waals surface area contributed by atoms with Gasteiger partial charge in [0.15, 0.2) is 0 Å². The van der Waals surface area contributed by atoms with Crippen LogP contribution in [-0.4, -0.2) is 23.4 Å². The first kappa shape index (κ1) is 16.9. The molecule has 0 radical (unpaired) electrons. The van der Waals surface area contributed by atoms with Crippen molar-refractivity contribution in [1.82, 2.24) is 10.3 Å². The van der Waals surface area contributed by atoms with Gasteiger partial charge in [0.25, 0.3) is 5.91 Å². The molecule has 0 fully saturated rings. The second kappa shape index (κ2) is 7.76. The Morgan fingerprint density at radius 1 is 1.28 bits per heavy atom. The maximum Gasteiger partial charge on any atom is 0.325 e. The van der Waals surface area contributed by atoms with E-state index in [1.165, 1.54) is 17.6 Å². The molecule has 0 bridgehead atoms. The van der Waals surface area contributed by atoms with Gasteiger partial charge in [0.2, 0.25) is 5.89 Å². The predicted molar refractivity (Wildman–Crippen MR) is 93.1 cm³/mol. The maximum atomic E-state index is 12.0. The van der Waals surface area contributed by atoms with Crippen molar-refractivity contribution >= 4 is 23.2 Å². The standard InChI is InChI=1S/C18H16N2O4S/c1-12-4-2-5-13(8-12)17(22)19-9-16(21)23-10-14-11-24-18(20-14)15-6-3-7-25-15/h2-8,11H,9-10H2,1H3,(H,19,22). The van der Waals surface area contributed by atoms with Crippen molar-refractivity contribution in [2.45, 2.75) is 13.5 Å². The van der Waals surface area contributed by atoms with Gasteiger partial charge in [-0.05, 0) is 30.5 Å². The fourth-order valence-corrected chi connectivity index (χ4v) is 2.79. The number of esters is 1. The minimum atomic E-state index is -0.540. The Hall–Kier alpha value is -2.93. The smallest absolute Gasteiger partial charge is 0.325 e. The molecule has 128 valence electrons. The number of hydrogen-bond acceptors (Lipinski definition) is 6. The highest BCUT2D eigenvalue weighted by atomic mass is 32.1.